The molecule has 0 fully saturated rings. The molecule has 0 aromatic heterocycles. The molecule has 2 atom stereocenters. The highest BCUT2D eigenvalue weighted by atomic mass is 31.2. The van der Waals surface area contributed by atoms with Gasteiger partial charge in [-0.3, -0.25) is 18.6 Å². The van der Waals surface area contributed by atoms with Crippen molar-refractivity contribution in [3.63, 3.8) is 0 Å². The van der Waals surface area contributed by atoms with E-state index in [9.17, 15) is 19.0 Å². The quantitative estimate of drug-likeness (QED) is 0.0211. The molecule has 468 valence electrons. The van der Waals surface area contributed by atoms with E-state index in [1.54, 1.807) is 0 Å². The molecule has 0 heterocycles. The van der Waals surface area contributed by atoms with E-state index in [0.29, 0.717) is 23.9 Å². The average Bonchev–Trinajstić information content (AvgIpc) is 3.42. The van der Waals surface area contributed by atoms with Gasteiger partial charge in [0.2, 0.25) is 0 Å². The van der Waals surface area contributed by atoms with E-state index in [1.165, 1.54) is 212 Å². The Hall–Kier alpha value is -2.29. The van der Waals surface area contributed by atoms with Crippen LogP contribution in [0.4, 0.5) is 0 Å². The fourth-order valence-corrected chi connectivity index (χ4v) is 10.6. The molecule has 0 rings (SSSR count). The minimum Gasteiger partial charge on any atom is -0.462 e. The topological polar surface area (TPSA) is 108 Å². The number of phosphoric ester groups is 1. The third kappa shape index (κ3) is 64.9. The average molecular weight is 1150 g/mol. The van der Waals surface area contributed by atoms with Crippen molar-refractivity contribution in [2.75, 3.05) is 47.5 Å². The van der Waals surface area contributed by atoms with Crippen LogP contribution in [0.5, 0.6) is 0 Å². The molecule has 0 aliphatic heterocycles. The van der Waals surface area contributed by atoms with Crippen molar-refractivity contribution in [3.05, 3.63) is 60.8 Å². The Labute approximate surface area is 496 Å². The number of ether oxygens (including phenoxy) is 2. The van der Waals surface area contributed by atoms with Gasteiger partial charge < -0.3 is 18.9 Å². The van der Waals surface area contributed by atoms with Crippen LogP contribution in [0.1, 0.15) is 322 Å². The smallest absolute Gasteiger partial charge is 0.462 e. The molecule has 0 spiro atoms. The molecule has 0 bridgehead atoms. The number of allylic oxidation sites excluding steroid dienone is 10. The van der Waals surface area contributed by atoms with Gasteiger partial charge in [0.25, 0.3) is 0 Å². The molecule has 1 N–H and O–H groups in total. The summed E-state index contributed by atoms with van der Waals surface area (Å²) in [4.78, 5) is 35.8. The number of unbranched alkanes of at least 4 members (excludes halogenated alkanes) is 39. The van der Waals surface area contributed by atoms with Gasteiger partial charge in [0, 0.05) is 12.8 Å². The Morgan fingerprint density at radius 1 is 0.400 bits per heavy atom. The first-order valence-electron chi connectivity index (χ1n) is 34.0. The third-order valence-electron chi connectivity index (χ3n) is 15.1. The third-order valence-corrected chi connectivity index (χ3v) is 16.0. The van der Waals surface area contributed by atoms with Crippen LogP contribution >= 0.6 is 7.82 Å². The van der Waals surface area contributed by atoms with Gasteiger partial charge in [0.1, 0.15) is 19.8 Å². The van der Waals surface area contributed by atoms with E-state index in [4.69, 9.17) is 18.5 Å². The van der Waals surface area contributed by atoms with Crippen molar-refractivity contribution in [2.24, 2.45) is 0 Å². The number of quaternary nitrogens is 1. The zero-order valence-electron chi connectivity index (χ0n) is 53.3. The summed E-state index contributed by atoms with van der Waals surface area (Å²) in [6.07, 6.45) is 80.4. The molecule has 80 heavy (non-hydrogen) atoms. The number of carbonyl (C=O) groups excluding carboxylic acids is 2. The second-order valence-electron chi connectivity index (χ2n) is 24.2. The van der Waals surface area contributed by atoms with Crippen molar-refractivity contribution in [2.45, 2.75) is 328 Å². The van der Waals surface area contributed by atoms with Crippen LogP contribution < -0.4 is 0 Å². The second kappa shape index (κ2) is 61.3. The molecule has 9 nitrogen and oxygen atoms in total. The molecule has 10 heteroatoms. The van der Waals surface area contributed by atoms with Crippen LogP contribution in [0.3, 0.4) is 0 Å². The highest BCUT2D eigenvalue weighted by Gasteiger charge is 2.27. The van der Waals surface area contributed by atoms with Crippen molar-refractivity contribution in [1.29, 1.82) is 0 Å². The summed E-state index contributed by atoms with van der Waals surface area (Å²) in [5.41, 5.74) is 0. The molecular weight excluding hydrogens is 1010 g/mol. The number of rotatable bonds is 63. The van der Waals surface area contributed by atoms with E-state index in [-0.39, 0.29) is 25.6 Å². The van der Waals surface area contributed by atoms with Crippen LogP contribution in [0.2, 0.25) is 0 Å². The Kier molecular flexibility index (Phi) is 59.5. The van der Waals surface area contributed by atoms with Gasteiger partial charge in [-0.25, -0.2) is 4.57 Å². The van der Waals surface area contributed by atoms with Crippen LogP contribution in [-0.4, -0.2) is 74.9 Å². The Morgan fingerprint density at radius 3 is 1.06 bits per heavy atom. The molecule has 0 amide bonds. The molecule has 0 aliphatic carbocycles. The van der Waals surface area contributed by atoms with Gasteiger partial charge in [-0.05, 0) is 57.8 Å². The minimum atomic E-state index is -4.39. The number of hydrogen-bond donors (Lipinski definition) is 1. The summed E-state index contributed by atoms with van der Waals surface area (Å²) >= 11 is 0. The van der Waals surface area contributed by atoms with E-state index in [2.05, 4.69) is 74.6 Å². The summed E-state index contributed by atoms with van der Waals surface area (Å²) < 4.78 is 34.7. The van der Waals surface area contributed by atoms with Crippen LogP contribution in [0, 0.1) is 0 Å². The van der Waals surface area contributed by atoms with Crippen molar-refractivity contribution >= 4 is 19.8 Å². The lowest BCUT2D eigenvalue weighted by Crippen LogP contribution is -2.37. The number of esters is 2. The maximum atomic E-state index is 12.9. The Morgan fingerprint density at radius 2 is 0.713 bits per heavy atom. The summed E-state index contributed by atoms with van der Waals surface area (Å²) in [6.45, 7) is 4.36. The highest BCUT2D eigenvalue weighted by molar-refractivity contribution is 7.47. The first-order chi connectivity index (χ1) is 39.0. The van der Waals surface area contributed by atoms with Crippen LogP contribution in [-0.2, 0) is 32.7 Å². The van der Waals surface area contributed by atoms with Gasteiger partial charge in [0.15, 0.2) is 6.10 Å². The minimum absolute atomic E-state index is 0.0300. The van der Waals surface area contributed by atoms with Crippen molar-refractivity contribution in [1.82, 2.24) is 0 Å². The van der Waals surface area contributed by atoms with Gasteiger partial charge in [-0.1, -0.05) is 312 Å². The second-order valence-corrected chi connectivity index (χ2v) is 25.6. The molecule has 2 unspecified atom stereocenters. The molecule has 0 saturated heterocycles. The fourth-order valence-electron chi connectivity index (χ4n) is 9.87. The molecule has 0 aliphatic rings. The van der Waals surface area contributed by atoms with Gasteiger partial charge in [-0.15, -0.1) is 0 Å². The monoisotopic (exact) mass is 1140 g/mol. The SMILES string of the molecule is CC/C=C\C/C=C\C/C=C\C/C=C\C/C=C\CCCCCCCCCCCC(=O)OC(COC(=O)CCCCCCCCCCCCCCCCCCCCCCCCCCCCCCCCC)COP(=O)(O)OCC[N+](C)(C)C. The van der Waals surface area contributed by atoms with Gasteiger partial charge in [-0.2, -0.15) is 0 Å². The summed E-state index contributed by atoms with van der Waals surface area (Å²) in [7, 11) is 1.48. The lowest BCUT2D eigenvalue weighted by atomic mass is 10.0. The standard InChI is InChI=1S/C70H130NO8P/c1-6-8-10-12-14-16-18-20-22-24-26-28-30-32-33-34-35-36-37-39-40-42-44-46-48-50-52-54-56-58-60-62-69(72)76-66-68(67-78-80(74,75)77-65-64-71(3,4)5)79-70(73)63-61-59-57-55-53-51-49-47-45-43-41-38-31-29-27-25-23-21-19-17-15-13-11-9-7-2/h9,11,15,17,21,23,27,29,38,41,68H,6-8,10,12-14,16,18-20,22,24-26,28,30-37,39-40,42-67H2,1-5H3/p+1/b11-9-,17-15-,23-21-,29-27-,41-38-. The number of carbonyl (C=O) groups is 2. The molecular formula is C70H131NO8P+. The maximum Gasteiger partial charge on any atom is 0.472 e. The van der Waals surface area contributed by atoms with E-state index < -0.39 is 26.5 Å². The first-order valence-corrected chi connectivity index (χ1v) is 35.5. The number of likely N-dealkylation sites (N-methyl/N-ethyl adjacent to an activating group) is 1. The predicted octanol–water partition coefficient (Wildman–Crippen LogP) is 21.8. The lowest BCUT2D eigenvalue weighted by Gasteiger charge is -2.24. The fraction of sp³-hybridized carbons (Fsp3) is 0.829. The zero-order valence-corrected chi connectivity index (χ0v) is 54.2. The van der Waals surface area contributed by atoms with E-state index in [1.807, 2.05) is 21.1 Å². The Balaban J connectivity index is 4.03. The lowest BCUT2D eigenvalue weighted by molar-refractivity contribution is -0.870. The predicted molar refractivity (Wildman–Crippen MR) is 344 cm³/mol. The summed E-state index contributed by atoms with van der Waals surface area (Å²) in [5.74, 6) is -0.791. The molecule has 0 aromatic carbocycles. The Bertz CT molecular complexity index is 1530. The highest BCUT2D eigenvalue weighted by Crippen LogP contribution is 2.43. The van der Waals surface area contributed by atoms with Crippen molar-refractivity contribution in [3.8, 4) is 0 Å². The van der Waals surface area contributed by atoms with E-state index in [0.717, 1.165) is 77.0 Å². The largest absolute Gasteiger partial charge is 0.472 e. The zero-order chi connectivity index (χ0) is 58.4. The maximum absolute atomic E-state index is 12.9. The summed E-state index contributed by atoms with van der Waals surface area (Å²) in [6, 6.07) is 0. The molecule has 0 radical (unpaired) electrons. The van der Waals surface area contributed by atoms with Crippen LogP contribution in [0.15, 0.2) is 60.8 Å². The van der Waals surface area contributed by atoms with Crippen LogP contribution in [0.25, 0.3) is 0 Å². The van der Waals surface area contributed by atoms with Gasteiger partial charge >= 0.3 is 19.8 Å². The molecule has 0 saturated carbocycles. The van der Waals surface area contributed by atoms with Crippen molar-refractivity contribution < 1.29 is 42.1 Å². The van der Waals surface area contributed by atoms with Gasteiger partial charge in [0.05, 0.1) is 27.7 Å². The number of nitrogens with zero attached hydrogens (tertiary/aromatic N) is 1. The normalized spacial score (nSPS) is 13.5. The summed E-state index contributed by atoms with van der Waals surface area (Å²) in [5, 5.41) is 0. The molecule has 0 aromatic rings. The first kappa shape index (κ1) is 77.7. The number of phosphoric acid groups is 1. The number of hydrogen-bond acceptors (Lipinski definition) is 7. The van der Waals surface area contributed by atoms with E-state index >= 15 is 0 Å².